The van der Waals surface area contributed by atoms with Crippen LogP contribution >= 0.6 is 11.6 Å². The van der Waals surface area contributed by atoms with E-state index in [9.17, 15) is 9.59 Å². The fraction of sp³-hybridized carbons (Fsp3) is 0.292. The van der Waals surface area contributed by atoms with Crippen molar-refractivity contribution in [1.29, 1.82) is 0 Å². The molecule has 0 aliphatic carbocycles. The monoisotopic (exact) mass is 449 g/mol. The van der Waals surface area contributed by atoms with E-state index in [1.54, 1.807) is 7.05 Å². The molecule has 2 aromatic heterocycles. The molecule has 4 aromatic rings. The first-order valence-electron chi connectivity index (χ1n) is 10.6. The normalized spacial score (nSPS) is 15.9. The Morgan fingerprint density at radius 3 is 2.56 bits per heavy atom. The van der Waals surface area contributed by atoms with Crippen molar-refractivity contribution in [2.75, 3.05) is 11.4 Å². The second-order valence-corrected chi connectivity index (χ2v) is 9.05. The van der Waals surface area contributed by atoms with Crippen LogP contribution in [0.2, 0.25) is 5.02 Å². The molecule has 32 heavy (non-hydrogen) atoms. The molecule has 1 aliphatic rings. The zero-order chi connectivity index (χ0) is 22.6. The molecule has 0 bridgehead atoms. The maximum atomic E-state index is 13.6. The quantitative estimate of drug-likeness (QED) is 0.478. The maximum Gasteiger partial charge on any atom is 0.332 e. The van der Waals surface area contributed by atoms with Gasteiger partial charge in [-0.3, -0.25) is 13.9 Å². The van der Waals surface area contributed by atoms with Crippen LogP contribution in [0.15, 0.2) is 58.1 Å². The molecule has 8 heteroatoms. The summed E-state index contributed by atoms with van der Waals surface area (Å²) in [6.07, 6.45) is 0. The number of hydrogen-bond donors (Lipinski definition) is 0. The Morgan fingerprint density at radius 2 is 1.84 bits per heavy atom. The average molecular weight is 450 g/mol. The lowest BCUT2D eigenvalue weighted by Crippen LogP contribution is -2.40. The molecular formula is C24H24ClN5O2. The summed E-state index contributed by atoms with van der Waals surface area (Å²) < 4.78 is 4.73. The Morgan fingerprint density at radius 1 is 1.09 bits per heavy atom. The number of halogens is 1. The van der Waals surface area contributed by atoms with Gasteiger partial charge in [-0.25, -0.2) is 4.79 Å². The highest BCUT2D eigenvalue weighted by Crippen LogP contribution is 2.33. The van der Waals surface area contributed by atoms with Gasteiger partial charge in [-0.1, -0.05) is 48.4 Å². The molecule has 0 spiro atoms. The van der Waals surface area contributed by atoms with Crippen molar-refractivity contribution >= 4 is 34.4 Å². The second-order valence-electron chi connectivity index (χ2n) is 8.61. The van der Waals surface area contributed by atoms with E-state index < -0.39 is 0 Å². The maximum absolute atomic E-state index is 13.6. The highest BCUT2D eigenvalue weighted by molar-refractivity contribution is 6.30. The molecule has 1 atom stereocenters. The number of hydrogen-bond acceptors (Lipinski definition) is 4. The summed E-state index contributed by atoms with van der Waals surface area (Å²) in [5, 5.41) is 0.661. The van der Waals surface area contributed by atoms with E-state index in [2.05, 4.69) is 11.8 Å². The number of imidazole rings is 1. The lowest BCUT2D eigenvalue weighted by atomic mass is 10.1. The summed E-state index contributed by atoms with van der Waals surface area (Å²) in [4.78, 5) is 33.5. The van der Waals surface area contributed by atoms with Crippen molar-refractivity contribution in [1.82, 2.24) is 18.7 Å². The van der Waals surface area contributed by atoms with Crippen molar-refractivity contribution in [3.05, 3.63) is 85.5 Å². The van der Waals surface area contributed by atoms with Crippen LogP contribution in [0.25, 0.3) is 11.2 Å². The highest BCUT2D eigenvalue weighted by atomic mass is 35.5. The van der Waals surface area contributed by atoms with E-state index in [-0.39, 0.29) is 23.7 Å². The number of aromatic nitrogens is 4. The second kappa shape index (κ2) is 7.67. The van der Waals surface area contributed by atoms with E-state index in [0.29, 0.717) is 28.7 Å². The van der Waals surface area contributed by atoms with Gasteiger partial charge in [0.2, 0.25) is 5.95 Å². The van der Waals surface area contributed by atoms with Crippen LogP contribution in [0.1, 0.15) is 18.1 Å². The Kier molecular flexibility index (Phi) is 4.93. The molecular weight excluding hydrogens is 426 g/mol. The van der Waals surface area contributed by atoms with Gasteiger partial charge < -0.3 is 9.47 Å². The van der Waals surface area contributed by atoms with Crippen molar-refractivity contribution in [3.63, 3.8) is 0 Å². The number of nitrogens with zero attached hydrogens (tertiary/aromatic N) is 5. The summed E-state index contributed by atoms with van der Waals surface area (Å²) >= 11 is 6.07. The van der Waals surface area contributed by atoms with Crippen molar-refractivity contribution in [2.45, 2.75) is 26.9 Å². The van der Waals surface area contributed by atoms with Crippen molar-refractivity contribution < 1.29 is 0 Å². The molecule has 0 saturated carbocycles. The first-order chi connectivity index (χ1) is 15.3. The minimum absolute atomic E-state index is 0.222. The molecule has 3 heterocycles. The molecule has 2 aromatic carbocycles. The van der Waals surface area contributed by atoms with Gasteiger partial charge in [-0.05, 0) is 42.7 Å². The number of rotatable bonds is 3. The van der Waals surface area contributed by atoms with Gasteiger partial charge in [0.25, 0.3) is 5.56 Å². The standard InChI is InChI=1S/C24H24ClN5O2/c1-15-5-4-6-17(11-15)14-30-22(31)20-21(27(3)24(30)32)26-23-28(12-16(2)13-29(20)23)19-9-7-18(25)8-10-19/h4-11,16H,12-14H2,1-3H3/t16-/m0/s1. The molecule has 0 unspecified atom stereocenters. The third kappa shape index (κ3) is 3.33. The highest BCUT2D eigenvalue weighted by Gasteiger charge is 2.29. The van der Waals surface area contributed by atoms with Gasteiger partial charge in [0.1, 0.15) is 0 Å². The van der Waals surface area contributed by atoms with Crippen LogP contribution in [0.4, 0.5) is 11.6 Å². The molecule has 1 aliphatic heterocycles. The minimum Gasteiger partial charge on any atom is -0.312 e. The van der Waals surface area contributed by atoms with Crippen LogP contribution in [0.5, 0.6) is 0 Å². The number of benzene rings is 2. The minimum atomic E-state index is -0.370. The van der Waals surface area contributed by atoms with Gasteiger partial charge >= 0.3 is 5.69 Å². The van der Waals surface area contributed by atoms with Crippen molar-refractivity contribution in [3.8, 4) is 0 Å². The molecule has 7 nitrogen and oxygen atoms in total. The van der Waals surface area contributed by atoms with Gasteiger partial charge in [0, 0.05) is 30.8 Å². The smallest absolute Gasteiger partial charge is 0.312 e. The van der Waals surface area contributed by atoms with Gasteiger partial charge in [0.15, 0.2) is 11.2 Å². The third-order valence-electron chi connectivity index (χ3n) is 6.00. The predicted octanol–water partition coefficient (Wildman–Crippen LogP) is 3.69. The largest absolute Gasteiger partial charge is 0.332 e. The Bertz CT molecular complexity index is 1450. The average Bonchev–Trinajstić information content (AvgIpc) is 3.15. The van der Waals surface area contributed by atoms with E-state index in [1.165, 1.54) is 9.13 Å². The summed E-state index contributed by atoms with van der Waals surface area (Å²) in [6.45, 7) is 5.78. The fourth-order valence-electron chi connectivity index (χ4n) is 4.48. The summed E-state index contributed by atoms with van der Waals surface area (Å²) in [7, 11) is 1.67. The predicted molar refractivity (Wildman–Crippen MR) is 127 cm³/mol. The summed E-state index contributed by atoms with van der Waals surface area (Å²) in [5.41, 5.74) is 3.13. The first kappa shape index (κ1) is 20.6. The molecule has 0 N–H and O–H groups in total. The topological polar surface area (TPSA) is 65.1 Å². The van der Waals surface area contributed by atoms with Gasteiger partial charge in [0.05, 0.1) is 6.54 Å². The number of anilines is 2. The van der Waals surface area contributed by atoms with Crippen LogP contribution in [-0.4, -0.2) is 25.2 Å². The zero-order valence-corrected chi connectivity index (χ0v) is 19.0. The first-order valence-corrected chi connectivity index (χ1v) is 11.0. The number of aryl methyl sites for hydroxylation is 2. The molecule has 0 amide bonds. The van der Waals surface area contributed by atoms with E-state index >= 15 is 0 Å². The van der Waals surface area contributed by atoms with Crippen LogP contribution < -0.4 is 16.1 Å². The summed E-state index contributed by atoms with van der Waals surface area (Å²) in [5.74, 6) is 0.957. The van der Waals surface area contributed by atoms with Crippen LogP contribution in [0.3, 0.4) is 0 Å². The third-order valence-corrected chi connectivity index (χ3v) is 6.26. The van der Waals surface area contributed by atoms with Gasteiger partial charge in [-0.15, -0.1) is 0 Å². The van der Waals surface area contributed by atoms with Crippen LogP contribution in [0, 0.1) is 12.8 Å². The van der Waals surface area contributed by atoms with E-state index in [4.69, 9.17) is 16.6 Å². The Balaban J connectivity index is 1.72. The van der Waals surface area contributed by atoms with Crippen LogP contribution in [-0.2, 0) is 20.1 Å². The Hall–Kier alpha value is -3.32. The molecule has 164 valence electrons. The zero-order valence-electron chi connectivity index (χ0n) is 18.2. The number of fused-ring (bicyclic) bond motifs is 3. The van der Waals surface area contributed by atoms with E-state index in [1.807, 2.05) is 60.0 Å². The molecule has 5 rings (SSSR count). The lowest BCUT2D eigenvalue weighted by molar-refractivity contribution is 0.458. The molecule has 0 fully saturated rings. The SMILES string of the molecule is Cc1cccc(Cn2c(=O)c3c(nc4n3C[C@@H](C)CN4c3ccc(Cl)cc3)n(C)c2=O)c1. The lowest BCUT2D eigenvalue weighted by Gasteiger charge is -2.33. The molecule has 0 radical (unpaired) electrons. The van der Waals surface area contributed by atoms with Gasteiger partial charge in [-0.2, -0.15) is 4.98 Å². The van der Waals surface area contributed by atoms with E-state index in [0.717, 1.165) is 23.4 Å². The van der Waals surface area contributed by atoms with Crippen molar-refractivity contribution in [2.24, 2.45) is 13.0 Å². The summed E-state index contributed by atoms with van der Waals surface area (Å²) in [6, 6.07) is 15.4. The Labute approximate surface area is 190 Å². The fourth-order valence-corrected chi connectivity index (χ4v) is 4.60. The molecule has 0 saturated heterocycles.